The third kappa shape index (κ3) is 2.54. The molecule has 0 saturated carbocycles. The Bertz CT molecular complexity index is 612. The summed E-state index contributed by atoms with van der Waals surface area (Å²) in [4.78, 5) is 13.4. The summed E-state index contributed by atoms with van der Waals surface area (Å²) in [6.07, 6.45) is 2.89. The number of fused-ring (bicyclic) bond motifs is 1. The Kier molecular flexibility index (Phi) is 3.44. The van der Waals surface area contributed by atoms with E-state index in [9.17, 15) is 0 Å². The van der Waals surface area contributed by atoms with Gasteiger partial charge in [-0.2, -0.15) is 0 Å². The van der Waals surface area contributed by atoms with Crippen LogP contribution < -0.4 is 10.6 Å². The molecule has 0 aliphatic carbocycles. The molecule has 1 aliphatic rings. The third-order valence-electron chi connectivity index (χ3n) is 4.02. The first-order chi connectivity index (χ1) is 9.63. The number of anilines is 2. The van der Waals surface area contributed by atoms with Crippen LogP contribution >= 0.6 is 0 Å². The summed E-state index contributed by atoms with van der Waals surface area (Å²) >= 11 is 0. The van der Waals surface area contributed by atoms with Crippen LogP contribution in [0.2, 0.25) is 0 Å². The molecule has 0 bridgehead atoms. The summed E-state index contributed by atoms with van der Waals surface area (Å²) in [5, 5.41) is 1.03. The van der Waals surface area contributed by atoms with Gasteiger partial charge in [0.15, 0.2) is 0 Å². The number of aromatic nitrogens is 2. The van der Waals surface area contributed by atoms with E-state index in [4.69, 9.17) is 5.73 Å². The standard InChI is InChI=1S/C15H21N5/c1-19-6-5-11(8-19)9-20(2)15-13-7-12(16)3-4-14(13)17-10-18-15/h3-4,7,10-11H,5-6,8-9,16H2,1-2H3. The largest absolute Gasteiger partial charge is 0.399 e. The predicted molar refractivity (Wildman–Crippen MR) is 82.8 cm³/mol. The lowest BCUT2D eigenvalue weighted by Gasteiger charge is -2.23. The average Bonchev–Trinajstić information content (AvgIpc) is 2.83. The Morgan fingerprint density at radius 3 is 3.00 bits per heavy atom. The molecule has 1 unspecified atom stereocenters. The highest BCUT2D eigenvalue weighted by atomic mass is 15.2. The second-order valence-corrected chi connectivity index (χ2v) is 5.77. The molecule has 0 amide bonds. The molecular formula is C15H21N5. The molecular weight excluding hydrogens is 250 g/mol. The number of hydrogen-bond acceptors (Lipinski definition) is 5. The van der Waals surface area contributed by atoms with Crippen LogP contribution in [0.25, 0.3) is 10.9 Å². The molecule has 1 saturated heterocycles. The summed E-state index contributed by atoms with van der Waals surface area (Å²) < 4.78 is 0. The highest BCUT2D eigenvalue weighted by Gasteiger charge is 2.21. The van der Waals surface area contributed by atoms with E-state index < -0.39 is 0 Å². The second kappa shape index (κ2) is 5.25. The van der Waals surface area contributed by atoms with Crippen LogP contribution in [0.3, 0.4) is 0 Å². The number of nitrogen functional groups attached to an aromatic ring is 1. The minimum absolute atomic E-state index is 0.705. The minimum atomic E-state index is 0.705. The SMILES string of the molecule is CN1CCC(CN(C)c2ncnc3ccc(N)cc23)C1. The van der Waals surface area contributed by atoms with Gasteiger partial charge in [-0.3, -0.25) is 0 Å². The summed E-state index contributed by atoms with van der Waals surface area (Å²) in [5.41, 5.74) is 7.59. The highest BCUT2D eigenvalue weighted by molar-refractivity contribution is 5.91. The zero-order valence-electron chi connectivity index (χ0n) is 12.1. The third-order valence-corrected chi connectivity index (χ3v) is 4.02. The van der Waals surface area contributed by atoms with Crippen molar-refractivity contribution in [2.75, 3.05) is 44.4 Å². The molecule has 0 spiro atoms. The molecule has 5 nitrogen and oxygen atoms in total. The Morgan fingerprint density at radius 1 is 1.40 bits per heavy atom. The van der Waals surface area contributed by atoms with Crippen molar-refractivity contribution in [2.45, 2.75) is 6.42 Å². The van der Waals surface area contributed by atoms with Gasteiger partial charge in [0, 0.05) is 31.2 Å². The first-order valence-electron chi connectivity index (χ1n) is 7.03. The predicted octanol–water partition coefficient (Wildman–Crippen LogP) is 1.60. The molecule has 20 heavy (non-hydrogen) atoms. The van der Waals surface area contributed by atoms with Gasteiger partial charge in [-0.15, -0.1) is 0 Å². The normalized spacial score (nSPS) is 19.6. The van der Waals surface area contributed by atoms with Gasteiger partial charge in [0.2, 0.25) is 0 Å². The fourth-order valence-electron chi connectivity index (χ4n) is 3.01. The molecule has 1 fully saturated rings. The molecule has 1 aromatic heterocycles. The molecule has 106 valence electrons. The van der Waals surface area contributed by atoms with Crippen LogP contribution in [0.15, 0.2) is 24.5 Å². The summed E-state index contributed by atoms with van der Waals surface area (Å²) in [7, 11) is 4.28. The number of likely N-dealkylation sites (tertiary alicyclic amines) is 1. The maximum Gasteiger partial charge on any atom is 0.139 e. The van der Waals surface area contributed by atoms with E-state index in [-0.39, 0.29) is 0 Å². The average molecular weight is 271 g/mol. The van der Waals surface area contributed by atoms with Crippen molar-refractivity contribution in [1.29, 1.82) is 0 Å². The van der Waals surface area contributed by atoms with Crippen LogP contribution in [0.4, 0.5) is 11.5 Å². The van der Waals surface area contributed by atoms with Gasteiger partial charge >= 0.3 is 0 Å². The summed E-state index contributed by atoms with van der Waals surface area (Å²) in [5.74, 6) is 1.67. The maximum atomic E-state index is 5.89. The lowest BCUT2D eigenvalue weighted by Crippen LogP contribution is -2.28. The number of hydrogen-bond donors (Lipinski definition) is 1. The van der Waals surface area contributed by atoms with Crippen molar-refractivity contribution >= 4 is 22.4 Å². The van der Waals surface area contributed by atoms with Gasteiger partial charge in [-0.25, -0.2) is 9.97 Å². The number of rotatable bonds is 3. The fraction of sp³-hybridized carbons (Fsp3) is 0.467. The van der Waals surface area contributed by atoms with Gasteiger partial charge in [0.25, 0.3) is 0 Å². The minimum Gasteiger partial charge on any atom is -0.399 e. The number of benzene rings is 1. The van der Waals surface area contributed by atoms with Crippen LogP contribution in [0.5, 0.6) is 0 Å². The Balaban J connectivity index is 1.87. The molecule has 2 aromatic rings. The lowest BCUT2D eigenvalue weighted by molar-refractivity contribution is 0.395. The summed E-state index contributed by atoms with van der Waals surface area (Å²) in [6.45, 7) is 3.37. The van der Waals surface area contributed by atoms with E-state index in [2.05, 4.69) is 33.9 Å². The Morgan fingerprint density at radius 2 is 2.25 bits per heavy atom. The van der Waals surface area contributed by atoms with Crippen molar-refractivity contribution in [2.24, 2.45) is 5.92 Å². The van der Waals surface area contributed by atoms with Gasteiger partial charge in [0.1, 0.15) is 12.1 Å². The molecule has 1 aliphatic heterocycles. The van der Waals surface area contributed by atoms with Crippen molar-refractivity contribution < 1.29 is 0 Å². The topological polar surface area (TPSA) is 58.3 Å². The Hall–Kier alpha value is -1.88. The van der Waals surface area contributed by atoms with E-state index in [0.717, 1.165) is 35.5 Å². The van der Waals surface area contributed by atoms with Crippen molar-refractivity contribution in [3.05, 3.63) is 24.5 Å². The van der Waals surface area contributed by atoms with E-state index in [1.54, 1.807) is 6.33 Å². The highest BCUT2D eigenvalue weighted by Crippen LogP contribution is 2.25. The van der Waals surface area contributed by atoms with Crippen LogP contribution in [-0.2, 0) is 0 Å². The van der Waals surface area contributed by atoms with Crippen molar-refractivity contribution in [3.8, 4) is 0 Å². The summed E-state index contributed by atoms with van der Waals surface area (Å²) in [6, 6.07) is 5.79. The van der Waals surface area contributed by atoms with E-state index in [1.165, 1.54) is 13.0 Å². The van der Waals surface area contributed by atoms with E-state index in [1.807, 2.05) is 18.2 Å². The zero-order chi connectivity index (χ0) is 14.1. The molecule has 2 N–H and O–H groups in total. The monoisotopic (exact) mass is 271 g/mol. The van der Waals surface area contributed by atoms with E-state index in [0.29, 0.717) is 5.92 Å². The second-order valence-electron chi connectivity index (χ2n) is 5.77. The molecule has 1 aromatic carbocycles. The first-order valence-corrected chi connectivity index (χ1v) is 7.03. The molecule has 1 atom stereocenters. The first kappa shape index (κ1) is 13.1. The smallest absolute Gasteiger partial charge is 0.139 e. The number of nitrogens with two attached hydrogens (primary N) is 1. The van der Waals surface area contributed by atoms with Gasteiger partial charge in [0.05, 0.1) is 5.52 Å². The van der Waals surface area contributed by atoms with Crippen LogP contribution in [-0.4, -0.2) is 48.6 Å². The van der Waals surface area contributed by atoms with E-state index >= 15 is 0 Å². The van der Waals surface area contributed by atoms with Gasteiger partial charge < -0.3 is 15.5 Å². The van der Waals surface area contributed by atoms with Gasteiger partial charge in [-0.05, 0) is 44.1 Å². The fourth-order valence-corrected chi connectivity index (χ4v) is 3.01. The number of nitrogens with zero attached hydrogens (tertiary/aromatic N) is 4. The van der Waals surface area contributed by atoms with Crippen LogP contribution in [0.1, 0.15) is 6.42 Å². The van der Waals surface area contributed by atoms with Crippen molar-refractivity contribution in [3.63, 3.8) is 0 Å². The Labute approximate surface area is 119 Å². The van der Waals surface area contributed by atoms with Crippen LogP contribution in [0, 0.1) is 5.92 Å². The zero-order valence-corrected chi connectivity index (χ0v) is 12.1. The lowest BCUT2D eigenvalue weighted by atomic mass is 10.1. The van der Waals surface area contributed by atoms with Gasteiger partial charge in [-0.1, -0.05) is 0 Å². The molecule has 3 rings (SSSR count). The molecule has 5 heteroatoms. The quantitative estimate of drug-likeness (QED) is 0.859. The maximum absolute atomic E-state index is 5.89. The molecule has 2 heterocycles. The van der Waals surface area contributed by atoms with Crippen molar-refractivity contribution in [1.82, 2.24) is 14.9 Å². The molecule has 0 radical (unpaired) electrons.